The van der Waals surface area contributed by atoms with E-state index in [9.17, 15) is 23.1 Å². The molecule has 5 nitrogen and oxygen atoms in total. The molecule has 1 aromatic heterocycles. The molecule has 2 N–H and O–H groups in total. The van der Waals surface area contributed by atoms with E-state index in [1.165, 1.54) is 6.92 Å². The van der Waals surface area contributed by atoms with Crippen LogP contribution in [0, 0.1) is 0 Å². The number of carbonyl (C=O) groups excluding carboxylic acids is 1. The number of nitrogens with zero attached hydrogens (tertiary/aromatic N) is 2. The second kappa shape index (κ2) is 4.53. The summed E-state index contributed by atoms with van der Waals surface area (Å²) in [6.07, 6.45) is -5.16. The van der Waals surface area contributed by atoms with Crippen LogP contribution in [0.4, 0.5) is 23.8 Å². The Bertz CT molecular complexity index is 523. The third-order valence-corrected chi connectivity index (χ3v) is 2.98. The summed E-state index contributed by atoms with van der Waals surface area (Å²) in [4.78, 5) is 15.9. The van der Waals surface area contributed by atoms with Crippen molar-refractivity contribution in [1.82, 2.24) is 10.3 Å². The summed E-state index contributed by atoms with van der Waals surface area (Å²) in [5, 5.41) is 11.5. The summed E-state index contributed by atoms with van der Waals surface area (Å²) < 4.78 is 38.1. The van der Waals surface area contributed by atoms with Crippen molar-refractivity contribution < 1.29 is 23.1 Å². The van der Waals surface area contributed by atoms with Gasteiger partial charge in [0.2, 0.25) is 0 Å². The molecule has 1 aromatic rings. The first-order chi connectivity index (χ1) is 8.71. The summed E-state index contributed by atoms with van der Waals surface area (Å²) in [7, 11) is 0. The van der Waals surface area contributed by atoms with E-state index in [-0.39, 0.29) is 5.82 Å². The van der Waals surface area contributed by atoms with E-state index >= 15 is 0 Å². The predicted molar refractivity (Wildman–Crippen MR) is 60.7 cm³/mol. The predicted octanol–water partition coefficient (Wildman–Crippen LogP) is 1.99. The molecule has 0 spiro atoms. The molecule has 2 unspecified atom stereocenters. The van der Waals surface area contributed by atoms with Crippen molar-refractivity contribution in [3.63, 3.8) is 0 Å². The fourth-order valence-corrected chi connectivity index (χ4v) is 1.91. The van der Waals surface area contributed by atoms with Crippen molar-refractivity contribution in [3.05, 3.63) is 22.8 Å². The van der Waals surface area contributed by atoms with E-state index in [0.29, 0.717) is 6.07 Å². The highest BCUT2D eigenvalue weighted by Crippen LogP contribution is 2.36. The molecule has 0 aliphatic carbocycles. The van der Waals surface area contributed by atoms with Crippen molar-refractivity contribution >= 4 is 23.4 Å². The van der Waals surface area contributed by atoms with Crippen molar-refractivity contribution in [2.24, 2.45) is 0 Å². The Morgan fingerprint density at radius 2 is 2.16 bits per heavy atom. The van der Waals surface area contributed by atoms with Gasteiger partial charge in [0.05, 0.1) is 16.6 Å². The van der Waals surface area contributed by atoms with Crippen LogP contribution in [0.2, 0.25) is 5.02 Å². The van der Waals surface area contributed by atoms with Crippen LogP contribution >= 0.6 is 11.6 Å². The fraction of sp³-hybridized carbons (Fsp3) is 0.400. The van der Waals surface area contributed by atoms with Crippen LogP contribution in [-0.4, -0.2) is 28.4 Å². The minimum atomic E-state index is -4.67. The minimum absolute atomic E-state index is 0.314. The maximum atomic E-state index is 12.7. The number of amides is 2. The molecule has 2 heterocycles. The summed E-state index contributed by atoms with van der Waals surface area (Å²) in [5.41, 5.74) is -1.11. The summed E-state index contributed by atoms with van der Waals surface area (Å²) in [5.74, 6) is -0.314. The van der Waals surface area contributed by atoms with Crippen molar-refractivity contribution in [3.8, 4) is 0 Å². The number of aromatic nitrogens is 1. The molecule has 1 aliphatic heterocycles. The van der Waals surface area contributed by atoms with E-state index in [1.54, 1.807) is 0 Å². The maximum Gasteiger partial charge on any atom is 0.418 e. The average molecular weight is 296 g/mol. The Kier molecular flexibility index (Phi) is 3.31. The third-order valence-electron chi connectivity index (χ3n) is 2.67. The molecule has 0 saturated carbocycles. The van der Waals surface area contributed by atoms with Crippen molar-refractivity contribution in [2.75, 3.05) is 4.90 Å². The maximum absolute atomic E-state index is 12.7. The van der Waals surface area contributed by atoms with Crippen LogP contribution in [-0.2, 0) is 6.18 Å². The van der Waals surface area contributed by atoms with Gasteiger partial charge >= 0.3 is 12.2 Å². The van der Waals surface area contributed by atoms with Gasteiger partial charge in [0.1, 0.15) is 5.82 Å². The molecule has 0 aromatic carbocycles. The van der Waals surface area contributed by atoms with Crippen LogP contribution in [0.5, 0.6) is 0 Å². The zero-order valence-electron chi connectivity index (χ0n) is 9.57. The number of alkyl halides is 3. The first kappa shape index (κ1) is 13.9. The van der Waals surface area contributed by atoms with Crippen LogP contribution < -0.4 is 10.2 Å². The van der Waals surface area contributed by atoms with E-state index in [1.807, 2.05) is 0 Å². The Morgan fingerprint density at radius 1 is 1.53 bits per heavy atom. The Balaban J connectivity index is 2.45. The van der Waals surface area contributed by atoms with E-state index in [2.05, 4.69) is 10.3 Å². The van der Waals surface area contributed by atoms with Gasteiger partial charge in [-0.05, 0) is 13.0 Å². The second-order valence-corrected chi connectivity index (χ2v) is 4.45. The molecule has 2 rings (SSSR count). The number of nitrogens with one attached hydrogen (secondary N) is 1. The smallest absolute Gasteiger partial charge is 0.371 e. The monoisotopic (exact) mass is 295 g/mol. The topological polar surface area (TPSA) is 65.5 Å². The van der Waals surface area contributed by atoms with Gasteiger partial charge in [-0.2, -0.15) is 13.2 Å². The highest BCUT2D eigenvalue weighted by atomic mass is 35.5. The standard InChI is InChI=1S/C10H9ClF3N3O2/c1-4-8(18)17(9(19)16-4)7-2-5(10(12,13)14)6(11)3-15-7/h2-4,8,18H,1H3,(H,16,19). The molecule has 0 radical (unpaired) electrons. The van der Waals surface area contributed by atoms with Gasteiger partial charge in [0.25, 0.3) is 0 Å². The van der Waals surface area contributed by atoms with Gasteiger partial charge in [-0.3, -0.25) is 0 Å². The van der Waals surface area contributed by atoms with Gasteiger partial charge in [0.15, 0.2) is 6.23 Å². The molecule has 1 saturated heterocycles. The molecule has 104 valence electrons. The zero-order valence-corrected chi connectivity index (χ0v) is 10.3. The van der Waals surface area contributed by atoms with Gasteiger partial charge < -0.3 is 10.4 Å². The number of rotatable bonds is 1. The quantitative estimate of drug-likeness (QED) is 0.833. The van der Waals surface area contributed by atoms with Gasteiger partial charge in [-0.15, -0.1) is 0 Å². The van der Waals surface area contributed by atoms with Gasteiger partial charge in [-0.25, -0.2) is 14.7 Å². The number of carbonyl (C=O) groups is 1. The molecule has 1 aliphatic rings. The molecular weight excluding hydrogens is 287 g/mol. The fourth-order valence-electron chi connectivity index (χ4n) is 1.70. The van der Waals surface area contributed by atoms with Crippen molar-refractivity contribution in [1.29, 1.82) is 0 Å². The molecule has 1 fully saturated rings. The van der Waals surface area contributed by atoms with Gasteiger partial charge in [0, 0.05) is 6.20 Å². The molecule has 2 amide bonds. The molecule has 9 heteroatoms. The minimum Gasteiger partial charge on any atom is -0.371 e. The lowest BCUT2D eigenvalue weighted by Gasteiger charge is -2.20. The highest BCUT2D eigenvalue weighted by molar-refractivity contribution is 6.31. The van der Waals surface area contributed by atoms with Crippen molar-refractivity contribution in [2.45, 2.75) is 25.4 Å². The van der Waals surface area contributed by atoms with E-state index in [4.69, 9.17) is 11.6 Å². The Morgan fingerprint density at radius 3 is 2.63 bits per heavy atom. The first-order valence-corrected chi connectivity index (χ1v) is 5.60. The number of halogens is 4. The zero-order chi connectivity index (χ0) is 14.4. The van der Waals surface area contributed by atoms with E-state index in [0.717, 1.165) is 11.1 Å². The van der Waals surface area contributed by atoms with Gasteiger partial charge in [-0.1, -0.05) is 11.6 Å². The number of aliphatic hydroxyl groups is 1. The van der Waals surface area contributed by atoms with Crippen LogP contribution in [0.1, 0.15) is 12.5 Å². The SMILES string of the molecule is CC1NC(=O)N(c2cc(C(F)(F)F)c(Cl)cn2)C1O. The summed E-state index contributed by atoms with van der Waals surface area (Å²) in [6.45, 7) is 1.52. The second-order valence-electron chi connectivity index (χ2n) is 4.04. The number of urea groups is 1. The number of hydrogen-bond donors (Lipinski definition) is 2. The first-order valence-electron chi connectivity index (χ1n) is 5.22. The molecule has 0 bridgehead atoms. The summed E-state index contributed by atoms with van der Waals surface area (Å²) >= 11 is 5.42. The number of anilines is 1. The normalized spacial score (nSPS) is 23.7. The molecule has 19 heavy (non-hydrogen) atoms. The number of pyridine rings is 1. The summed E-state index contributed by atoms with van der Waals surface area (Å²) in [6, 6.07) is -0.703. The Hall–Kier alpha value is -1.54. The van der Waals surface area contributed by atoms with Crippen LogP contribution in [0.15, 0.2) is 12.3 Å². The van der Waals surface area contributed by atoms with E-state index < -0.39 is 35.1 Å². The molecule has 2 atom stereocenters. The third kappa shape index (κ3) is 2.45. The lowest BCUT2D eigenvalue weighted by Crippen LogP contribution is -2.36. The van der Waals surface area contributed by atoms with Crippen LogP contribution in [0.25, 0.3) is 0 Å². The average Bonchev–Trinajstić information content (AvgIpc) is 2.53. The molecular formula is C10H9ClF3N3O2. The number of aliphatic hydroxyl groups excluding tert-OH is 1. The lowest BCUT2D eigenvalue weighted by atomic mass is 10.2. The lowest BCUT2D eigenvalue weighted by molar-refractivity contribution is -0.137. The highest BCUT2D eigenvalue weighted by Gasteiger charge is 2.39. The van der Waals surface area contributed by atoms with Crippen LogP contribution in [0.3, 0.4) is 0 Å². The largest absolute Gasteiger partial charge is 0.418 e. The number of hydrogen-bond acceptors (Lipinski definition) is 3. The Labute approximate surface area is 111 Å².